The largest absolute Gasteiger partial charge is 0.305 e. The molecule has 0 saturated carbocycles. The SMILES string of the molecule is Cc1cc(F)ccc1Cn1cnc(CNC(C)(C)C)n1. The van der Waals surface area contributed by atoms with Gasteiger partial charge in [-0.25, -0.2) is 14.1 Å². The van der Waals surface area contributed by atoms with Crippen LogP contribution >= 0.6 is 0 Å². The topological polar surface area (TPSA) is 42.7 Å². The van der Waals surface area contributed by atoms with Gasteiger partial charge in [-0.3, -0.25) is 0 Å². The maximum atomic E-state index is 13.1. The second-order valence-corrected chi connectivity index (χ2v) is 6.03. The summed E-state index contributed by atoms with van der Waals surface area (Å²) in [5.41, 5.74) is 2.01. The minimum atomic E-state index is -0.208. The fraction of sp³-hybridized carbons (Fsp3) is 0.467. The van der Waals surface area contributed by atoms with Crippen molar-refractivity contribution in [2.75, 3.05) is 0 Å². The highest BCUT2D eigenvalue weighted by Gasteiger charge is 2.10. The lowest BCUT2D eigenvalue weighted by molar-refractivity contribution is 0.417. The molecule has 2 aromatic rings. The van der Waals surface area contributed by atoms with E-state index in [-0.39, 0.29) is 11.4 Å². The van der Waals surface area contributed by atoms with Crippen LogP contribution in [-0.2, 0) is 13.1 Å². The van der Waals surface area contributed by atoms with Crippen molar-refractivity contribution in [3.05, 3.63) is 47.3 Å². The number of nitrogens with one attached hydrogen (secondary N) is 1. The Hall–Kier alpha value is -1.75. The normalized spacial score (nSPS) is 11.8. The van der Waals surface area contributed by atoms with Crippen LogP contribution in [-0.4, -0.2) is 20.3 Å². The Kier molecular flexibility index (Phi) is 4.18. The van der Waals surface area contributed by atoms with Gasteiger partial charge >= 0.3 is 0 Å². The summed E-state index contributed by atoms with van der Waals surface area (Å²) < 4.78 is 14.8. The quantitative estimate of drug-likeness (QED) is 0.933. The Morgan fingerprint density at radius 2 is 2.05 bits per heavy atom. The van der Waals surface area contributed by atoms with Crippen molar-refractivity contribution in [3.63, 3.8) is 0 Å². The van der Waals surface area contributed by atoms with E-state index in [1.165, 1.54) is 12.1 Å². The van der Waals surface area contributed by atoms with Gasteiger partial charge in [0.15, 0.2) is 5.82 Å². The van der Waals surface area contributed by atoms with Crippen LogP contribution in [0.4, 0.5) is 4.39 Å². The highest BCUT2D eigenvalue weighted by molar-refractivity contribution is 5.26. The molecule has 0 aliphatic heterocycles. The average Bonchev–Trinajstić information content (AvgIpc) is 2.77. The van der Waals surface area contributed by atoms with Gasteiger partial charge in [0.05, 0.1) is 13.1 Å². The molecule has 0 spiro atoms. The lowest BCUT2D eigenvalue weighted by atomic mass is 10.1. The highest BCUT2D eigenvalue weighted by Crippen LogP contribution is 2.11. The van der Waals surface area contributed by atoms with Crippen molar-refractivity contribution in [2.45, 2.75) is 46.3 Å². The number of hydrogen-bond acceptors (Lipinski definition) is 3. The van der Waals surface area contributed by atoms with Gasteiger partial charge in [-0.15, -0.1) is 0 Å². The van der Waals surface area contributed by atoms with Crippen LogP contribution in [0.2, 0.25) is 0 Å². The van der Waals surface area contributed by atoms with E-state index in [0.29, 0.717) is 13.1 Å². The fourth-order valence-corrected chi connectivity index (χ4v) is 1.85. The number of aryl methyl sites for hydroxylation is 1. The zero-order valence-corrected chi connectivity index (χ0v) is 12.4. The molecule has 0 atom stereocenters. The molecule has 0 radical (unpaired) electrons. The molecule has 1 aromatic heterocycles. The summed E-state index contributed by atoms with van der Waals surface area (Å²) >= 11 is 0. The maximum Gasteiger partial charge on any atom is 0.164 e. The lowest BCUT2D eigenvalue weighted by Crippen LogP contribution is -2.35. The van der Waals surface area contributed by atoms with Gasteiger partial charge in [-0.2, -0.15) is 5.10 Å². The van der Waals surface area contributed by atoms with Gasteiger partial charge in [-0.05, 0) is 51.0 Å². The Morgan fingerprint density at radius 3 is 2.70 bits per heavy atom. The molecule has 1 aromatic carbocycles. The van der Waals surface area contributed by atoms with E-state index in [0.717, 1.165) is 17.0 Å². The molecule has 4 nitrogen and oxygen atoms in total. The number of halogens is 1. The number of aromatic nitrogens is 3. The van der Waals surface area contributed by atoms with Crippen LogP contribution < -0.4 is 5.32 Å². The van der Waals surface area contributed by atoms with Crippen LogP contribution in [0.3, 0.4) is 0 Å². The van der Waals surface area contributed by atoms with E-state index in [4.69, 9.17) is 0 Å². The monoisotopic (exact) mass is 276 g/mol. The van der Waals surface area contributed by atoms with Crippen molar-refractivity contribution in [1.82, 2.24) is 20.1 Å². The van der Waals surface area contributed by atoms with Gasteiger partial charge in [0.2, 0.25) is 0 Å². The molecule has 0 unspecified atom stereocenters. The number of rotatable bonds is 4. The first-order valence-corrected chi connectivity index (χ1v) is 6.72. The van der Waals surface area contributed by atoms with E-state index in [1.54, 1.807) is 17.1 Å². The first-order valence-electron chi connectivity index (χ1n) is 6.72. The molecule has 5 heteroatoms. The smallest absolute Gasteiger partial charge is 0.164 e. The molecule has 1 heterocycles. The Balaban J connectivity index is 2.02. The summed E-state index contributed by atoms with van der Waals surface area (Å²) in [5, 5.41) is 7.77. The molecule has 0 bridgehead atoms. The lowest BCUT2D eigenvalue weighted by Gasteiger charge is -2.19. The van der Waals surface area contributed by atoms with Crippen LogP contribution in [0, 0.1) is 12.7 Å². The molecule has 108 valence electrons. The third-order valence-corrected chi connectivity index (χ3v) is 3.00. The number of nitrogens with zero attached hydrogens (tertiary/aromatic N) is 3. The van der Waals surface area contributed by atoms with Crippen molar-refractivity contribution in [2.24, 2.45) is 0 Å². The van der Waals surface area contributed by atoms with Crippen LogP contribution in [0.25, 0.3) is 0 Å². The maximum absolute atomic E-state index is 13.1. The van der Waals surface area contributed by atoms with Gasteiger partial charge in [0.25, 0.3) is 0 Å². The van der Waals surface area contributed by atoms with Crippen LogP contribution in [0.5, 0.6) is 0 Å². The average molecular weight is 276 g/mol. The van der Waals surface area contributed by atoms with Gasteiger partial charge in [-0.1, -0.05) is 6.07 Å². The Bertz CT molecular complexity index is 584. The predicted molar refractivity (Wildman–Crippen MR) is 76.9 cm³/mol. The zero-order chi connectivity index (χ0) is 14.8. The molecule has 0 aliphatic carbocycles. The summed E-state index contributed by atoms with van der Waals surface area (Å²) in [6.45, 7) is 9.45. The first-order chi connectivity index (χ1) is 9.33. The van der Waals surface area contributed by atoms with E-state index in [1.807, 2.05) is 6.92 Å². The van der Waals surface area contributed by atoms with E-state index >= 15 is 0 Å². The number of benzene rings is 1. The first kappa shape index (κ1) is 14.7. The zero-order valence-electron chi connectivity index (χ0n) is 12.4. The van der Waals surface area contributed by atoms with Crippen LogP contribution in [0.1, 0.15) is 37.7 Å². The summed E-state index contributed by atoms with van der Waals surface area (Å²) in [5.74, 6) is 0.555. The molecule has 1 N–H and O–H groups in total. The van der Waals surface area contributed by atoms with Gasteiger partial charge in [0.1, 0.15) is 12.1 Å². The van der Waals surface area contributed by atoms with Gasteiger partial charge in [0, 0.05) is 5.54 Å². The van der Waals surface area contributed by atoms with Crippen molar-refractivity contribution in [1.29, 1.82) is 0 Å². The summed E-state index contributed by atoms with van der Waals surface area (Å²) in [4.78, 5) is 4.28. The summed E-state index contributed by atoms with van der Waals surface area (Å²) in [6, 6.07) is 4.80. The fourth-order valence-electron chi connectivity index (χ4n) is 1.85. The molecule has 0 aliphatic rings. The Morgan fingerprint density at radius 1 is 1.30 bits per heavy atom. The van der Waals surface area contributed by atoms with E-state index in [9.17, 15) is 4.39 Å². The van der Waals surface area contributed by atoms with Crippen LogP contribution in [0.15, 0.2) is 24.5 Å². The molecular weight excluding hydrogens is 255 g/mol. The summed E-state index contributed by atoms with van der Waals surface area (Å²) in [7, 11) is 0. The van der Waals surface area contributed by atoms with Crippen molar-refractivity contribution in [3.8, 4) is 0 Å². The molecule has 0 fully saturated rings. The van der Waals surface area contributed by atoms with E-state index in [2.05, 4.69) is 36.2 Å². The van der Waals surface area contributed by atoms with Gasteiger partial charge < -0.3 is 5.32 Å². The number of hydrogen-bond donors (Lipinski definition) is 1. The second-order valence-electron chi connectivity index (χ2n) is 6.03. The minimum Gasteiger partial charge on any atom is -0.305 e. The third kappa shape index (κ3) is 4.13. The minimum absolute atomic E-state index is 0.0407. The van der Waals surface area contributed by atoms with E-state index < -0.39 is 0 Å². The highest BCUT2D eigenvalue weighted by atomic mass is 19.1. The standard InChI is InChI=1S/C15H21FN4/c1-11-7-13(16)6-5-12(11)9-20-10-17-14(19-20)8-18-15(2,3)4/h5-7,10,18H,8-9H2,1-4H3. The Labute approximate surface area is 119 Å². The molecule has 0 saturated heterocycles. The van der Waals surface area contributed by atoms with Crippen molar-refractivity contribution >= 4 is 0 Å². The molecule has 20 heavy (non-hydrogen) atoms. The molecule has 0 amide bonds. The predicted octanol–water partition coefficient (Wildman–Crippen LogP) is 2.66. The third-order valence-electron chi connectivity index (χ3n) is 3.00. The molecular formula is C15H21FN4. The molecule has 2 rings (SSSR count). The van der Waals surface area contributed by atoms with Crippen molar-refractivity contribution < 1.29 is 4.39 Å². The second kappa shape index (κ2) is 5.71. The summed E-state index contributed by atoms with van der Waals surface area (Å²) in [6.07, 6.45) is 1.71.